The molecule has 320 valence electrons. The fourth-order valence-electron chi connectivity index (χ4n) is 6.31. The molecular weight excluding hydrogens is 725 g/mol. The number of carbonyl (C=O) groups is 4. The first-order valence-corrected chi connectivity index (χ1v) is 21.5. The highest BCUT2D eigenvalue weighted by Crippen LogP contribution is 2.16. The molecule has 0 spiro atoms. The molecule has 0 unspecified atom stereocenters. The van der Waals surface area contributed by atoms with Crippen molar-refractivity contribution in [3.8, 4) is 11.5 Å². The molecule has 1 heterocycles. The van der Waals surface area contributed by atoms with Gasteiger partial charge in [0, 0.05) is 45.6 Å². The minimum atomic E-state index is -0.404. The van der Waals surface area contributed by atoms with Crippen molar-refractivity contribution in [2.45, 2.75) is 130 Å². The molecule has 1 aliphatic heterocycles. The summed E-state index contributed by atoms with van der Waals surface area (Å²) in [6.07, 6.45) is 16.4. The lowest BCUT2D eigenvalue weighted by Crippen LogP contribution is -2.47. The van der Waals surface area contributed by atoms with Gasteiger partial charge in [0.25, 0.3) is 6.47 Å². The lowest BCUT2D eigenvalue weighted by atomic mass is 10.1. The number of unbranched alkanes of at least 4 members (excludes halogenated alkanes) is 10. The average molecular weight is 797 g/mol. The highest BCUT2D eigenvalue weighted by molar-refractivity contribution is 5.72. The van der Waals surface area contributed by atoms with Gasteiger partial charge in [0.05, 0.1) is 0 Å². The van der Waals surface area contributed by atoms with E-state index in [2.05, 4.69) is 39.0 Å². The molecule has 0 aromatic heterocycles. The second-order valence-corrected chi connectivity index (χ2v) is 14.7. The molecule has 3 rings (SSSR count). The van der Waals surface area contributed by atoms with Gasteiger partial charge in [-0.1, -0.05) is 102 Å². The number of piperazine rings is 1. The summed E-state index contributed by atoms with van der Waals surface area (Å²) in [7, 11) is 2.00. The van der Waals surface area contributed by atoms with Crippen LogP contribution in [0, 0.1) is 0 Å². The molecule has 57 heavy (non-hydrogen) atoms. The quantitative estimate of drug-likeness (QED) is 0.0357. The molecule has 0 atom stereocenters. The van der Waals surface area contributed by atoms with Gasteiger partial charge in [0.2, 0.25) is 0 Å². The van der Waals surface area contributed by atoms with E-state index in [-0.39, 0.29) is 25.2 Å². The Morgan fingerprint density at radius 2 is 1.04 bits per heavy atom. The normalized spacial score (nSPS) is 12.9. The van der Waals surface area contributed by atoms with Crippen LogP contribution in [0.1, 0.15) is 128 Å². The molecule has 0 bridgehead atoms. The number of amides is 1. The van der Waals surface area contributed by atoms with E-state index in [0.29, 0.717) is 37.4 Å². The first-order valence-electron chi connectivity index (χ1n) is 21.5. The van der Waals surface area contributed by atoms with Gasteiger partial charge in [-0.3, -0.25) is 14.4 Å². The zero-order valence-electron chi connectivity index (χ0n) is 35.2. The molecule has 2 N–H and O–H groups in total. The third kappa shape index (κ3) is 25.8. The van der Waals surface area contributed by atoms with Crippen molar-refractivity contribution < 1.29 is 38.1 Å². The third-order valence-electron chi connectivity index (χ3n) is 9.75. The molecule has 1 fully saturated rings. The number of esters is 2. The second-order valence-electron chi connectivity index (χ2n) is 14.7. The molecular formula is C45H72N4O8. The summed E-state index contributed by atoms with van der Waals surface area (Å²) >= 11 is 0. The van der Waals surface area contributed by atoms with Gasteiger partial charge >= 0.3 is 18.0 Å². The number of alkyl carbamates (subject to hydrolysis) is 1. The molecule has 12 heteroatoms. The molecule has 2 aromatic rings. The molecule has 1 saturated heterocycles. The van der Waals surface area contributed by atoms with Crippen LogP contribution in [0.3, 0.4) is 0 Å². The van der Waals surface area contributed by atoms with Crippen LogP contribution >= 0.6 is 0 Å². The fourth-order valence-corrected chi connectivity index (χ4v) is 6.31. The van der Waals surface area contributed by atoms with Gasteiger partial charge in [-0.2, -0.15) is 0 Å². The predicted molar refractivity (Wildman–Crippen MR) is 225 cm³/mol. The van der Waals surface area contributed by atoms with Gasteiger partial charge in [-0.25, -0.2) is 4.79 Å². The summed E-state index contributed by atoms with van der Waals surface area (Å²) in [5, 5.41) is 6.03. The number of nitrogens with zero attached hydrogens (tertiary/aromatic N) is 2. The molecule has 0 aliphatic carbocycles. The van der Waals surface area contributed by atoms with Gasteiger partial charge in [0.15, 0.2) is 0 Å². The highest BCUT2D eigenvalue weighted by atomic mass is 16.6. The zero-order chi connectivity index (χ0) is 41.2. The van der Waals surface area contributed by atoms with Crippen molar-refractivity contribution in [2.75, 3.05) is 59.4 Å². The smallest absolute Gasteiger partial charge is 0.407 e. The number of rotatable bonds is 29. The van der Waals surface area contributed by atoms with E-state index in [9.17, 15) is 19.2 Å². The Morgan fingerprint density at radius 1 is 0.596 bits per heavy atom. The Bertz CT molecular complexity index is 1330. The molecule has 0 saturated carbocycles. The lowest BCUT2D eigenvalue weighted by molar-refractivity contribution is -0.135. The maximum Gasteiger partial charge on any atom is 0.407 e. The Kier molecular flexibility index (Phi) is 28.5. The summed E-state index contributed by atoms with van der Waals surface area (Å²) in [5.74, 6) is 0.668. The van der Waals surface area contributed by atoms with E-state index >= 15 is 0 Å². The van der Waals surface area contributed by atoms with Crippen molar-refractivity contribution in [3.63, 3.8) is 0 Å². The monoisotopic (exact) mass is 797 g/mol. The summed E-state index contributed by atoms with van der Waals surface area (Å²) < 4.78 is 20.6. The van der Waals surface area contributed by atoms with Gasteiger partial charge < -0.3 is 39.4 Å². The second kappa shape index (κ2) is 33.0. The predicted octanol–water partition coefficient (Wildman–Crippen LogP) is 8.20. The third-order valence-corrected chi connectivity index (χ3v) is 9.75. The summed E-state index contributed by atoms with van der Waals surface area (Å²) in [5.41, 5.74) is 1.71. The Morgan fingerprint density at radius 3 is 1.49 bits per heavy atom. The average Bonchev–Trinajstić information content (AvgIpc) is 3.22. The van der Waals surface area contributed by atoms with Crippen molar-refractivity contribution in [3.05, 3.63) is 59.7 Å². The van der Waals surface area contributed by atoms with Gasteiger partial charge in [-0.05, 0) is 87.8 Å². The van der Waals surface area contributed by atoms with Crippen LogP contribution in [0.4, 0.5) is 4.79 Å². The van der Waals surface area contributed by atoms with E-state index in [1.807, 2.05) is 19.2 Å². The van der Waals surface area contributed by atoms with E-state index in [1.165, 1.54) is 57.8 Å². The van der Waals surface area contributed by atoms with Crippen LogP contribution in [0.5, 0.6) is 11.5 Å². The summed E-state index contributed by atoms with van der Waals surface area (Å²) in [6, 6.07) is 14.1. The zero-order valence-corrected chi connectivity index (χ0v) is 35.2. The first-order chi connectivity index (χ1) is 27.9. The minimum absolute atomic E-state index is 0.188. The van der Waals surface area contributed by atoms with E-state index in [0.717, 1.165) is 89.0 Å². The van der Waals surface area contributed by atoms with E-state index in [1.54, 1.807) is 36.4 Å². The van der Waals surface area contributed by atoms with Crippen LogP contribution in [0.2, 0.25) is 0 Å². The topological polar surface area (TPSA) is 136 Å². The van der Waals surface area contributed by atoms with Crippen LogP contribution < -0.4 is 20.1 Å². The largest absolute Gasteiger partial charge is 0.463 e. The molecule has 1 aliphatic rings. The van der Waals surface area contributed by atoms with Gasteiger partial charge in [-0.15, -0.1) is 0 Å². The van der Waals surface area contributed by atoms with Crippen LogP contribution in [-0.4, -0.2) is 93.7 Å². The molecule has 2 aromatic carbocycles. The first kappa shape index (κ1) is 49.1. The molecule has 1 amide bonds. The highest BCUT2D eigenvalue weighted by Gasteiger charge is 2.16. The summed E-state index contributed by atoms with van der Waals surface area (Å²) in [6.45, 7) is 13.5. The van der Waals surface area contributed by atoms with Crippen LogP contribution in [0.15, 0.2) is 48.5 Å². The minimum Gasteiger partial charge on any atom is -0.463 e. The van der Waals surface area contributed by atoms with Crippen molar-refractivity contribution in [1.29, 1.82) is 0 Å². The fraction of sp³-hybridized carbons (Fsp3) is 0.644. The van der Waals surface area contributed by atoms with Crippen molar-refractivity contribution in [1.82, 2.24) is 20.4 Å². The number of benzene rings is 2. The number of nitrogens with one attached hydrogen (secondary N) is 2. The SMILES string of the molecule is CCCCCCCCC(=O)Oc1ccc(COC(=O)NCCCN2CCN(CCCNC)CC2)cc1.CCCCCCCCC(=O)Oc1ccc(COC=O)cc1. The van der Waals surface area contributed by atoms with E-state index in [4.69, 9.17) is 14.2 Å². The van der Waals surface area contributed by atoms with Gasteiger partial charge in [0.1, 0.15) is 24.7 Å². The number of hydrogen-bond acceptors (Lipinski definition) is 11. The Hall–Kier alpha value is -4.00. The number of hydrogen-bond donors (Lipinski definition) is 2. The van der Waals surface area contributed by atoms with Crippen molar-refractivity contribution >= 4 is 24.5 Å². The maximum absolute atomic E-state index is 12.0. The lowest BCUT2D eigenvalue weighted by Gasteiger charge is -2.34. The van der Waals surface area contributed by atoms with Crippen molar-refractivity contribution in [2.24, 2.45) is 0 Å². The van der Waals surface area contributed by atoms with E-state index < -0.39 is 6.09 Å². The molecule has 0 radical (unpaired) electrons. The number of ether oxygens (including phenoxy) is 4. The standard InChI is InChI=1S/C28H48N4O4.C17H24O4/c1-3-4-5-6-7-8-11-27(33)36-26-14-12-25(13-15-26)24-35-28(34)30-17-10-19-32-22-20-31(21-23-32)18-9-16-29-2;1-2-3-4-5-6-7-8-17(19)21-16-11-9-15(10-12-16)13-20-14-18/h12-15,29H,3-11,16-24H2,1-2H3,(H,30,34);9-12,14H,2-8,13H2,1H3. The number of carbonyl (C=O) groups excluding carboxylic acids is 4. The Labute approximate surface area is 342 Å². The maximum atomic E-state index is 12.0. The molecule has 12 nitrogen and oxygen atoms in total. The van der Waals surface area contributed by atoms with Crippen LogP contribution in [-0.2, 0) is 37.1 Å². The van der Waals surface area contributed by atoms with Crippen LogP contribution in [0.25, 0.3) is 0 Å². The summed E-state index contributed by atoms with van der Waals surface area (Å²) in [4.78, 5) is 50.7. The Balaban J connectivity index is 0.000000453.